The van der Waals surface area contributed by atoms with Crippen molar-refractivity contribution in [2.45, 2.75) is 19.4 Å². The Bertz CT molecular complexity index is 305. The molecule has 0 spiro atoms. The van der Waals surface area contributed by atoms with Gasteiger partial charge in [-0.25, -0.2) is 0 Å². The average Bonchev–Trinajstić information content (AvgIpc) is 2.31. The Morgan fingerprint density at radius 2 is 2.00 bits per heavy atom. The van der Waals surface area contributed by atoms with Crippen molar-refractivity contribution in [2.75, 3.05) is 13.2 Å². The van der Waals surface area contributed by atoms with Crippen LogP contribution in [0, 0.1) is 11.3 Å². The van der Waals surface area contributed by atoms with E-state index in [1.807, 2.05) is 37.3 Å². The van der Waals surface area contributed by atoms with Gasteiger partial charge in [0.05, 0.1) is 12.7 Å². The minimum absolute atomic E-state index is 0.315. The smallest absolute Gasteiger partial charge is 0.143 e. The summed E-state index contributed by atoms with van der Waals surface area (Å²) in [6.07, 6.45) is 0.395. The minimum Gasteiger partial charge on any atom is -0.491 e. The molecule has 0 aliphatic heterocycles. The summed E-state index contributed by atoms with van der Waals surface area (Å²) in [6, 6.07) is 11.6. The van der Waals surface area contributed by atoms with Gasteiger partial charge in [0.2, 0.25) is 0 Å². The predicted octanol–water partition coefficient (Wildman–Crippen LogP) is 2.38. The molecule has 0 saturated heterocycles. The van der Waals surface area contributed by atoms with Crippen molar-refractivity contribution in [2.24, 2.45) is 0 Å². The quantitative estimate of drug-likeness (QED) is 0.669. The maximum atomic E-state index is 8.63. The van der Waals surface area contributed by atoms with Crippen molar-refractivity contribution in [1.29, 1.82) is 5.26 Å². The third-order valence-electron chi connectivity index (χ3n) is 1.93. The summed E-state index contributed by atoms with van der Waals surface area (Å²) in [5.74, 6) is 0.825. The lowest BCUT2D eigenvalue weighted by Crippen LogP contribution is -2.14. The second-order valence-corrected chi connectivity index (χ2v) is 3.06. The molecular formula is C12H15NO2. The van der Waals surface area contributed by atoms with Crippen LogP contribution in [0.15, 0.2) is 30.3 Å². The van der Waals surface area contributed by atoms with Crippen molar-refractivity contribution in [3.05, 3.63) is 30.3 Å². The Hall–Kier alpha value is -1.53. The third kappa shape index (κ3) is 4.48. The van der Waals surface area contributed by atoms with Gasteiger partial charge in [-0.05, 0) is 18.6 Å². The molecule has 1 rings (SSSR count). The Morgan fingerprint density at radius 1 is 1.27 bits per heavy atom. The van der Waals surface area contributed by atoms with E-state index in [9.17, 15) is 0 Å². The highest BCUT2D eigenvalue weighted by molar-refractivity contribution is 5.20. The van der Waals surface area contributed by atoms with Gasteiger partial charge in [-0.2, -0.15) is 5.26 Å². The molecule has 1 unspecified atom stereocenters. The van der Waals surface area contributed by atoms with Gasteiger partial charge in [0, 0.05) is 0 Å². The van der Waals surface area contributed by atoms with E-state index in [-0.39, 0.29) is 6.10 Å². The summed E-state index contributed by atoms with van der Waals surface area (Å²) in [5.41, 5.74) is 0. The third-order valence-corrected chi connectivity index (χ3v) is 1.93. The maximum Gasteiger partial charge on any atom is 0.143 e. The number of para-hydroxylation sites is 1. The lowest BCUT2D eigenvalue weighted by Gasteiger charge is -2.09. The number of rotatable bonds is 6. The van der Waals surface area contributed by atoms with E-state index in [4.69, 9.17) is 14.7 Å². The summed E-state index contributed by atoms with van der Waals surface area (Å²) in [7, 11) is 0. The number of ether oxygens (including phenoxy) is 2. The van der Waals surface area contributed by atoms with E-state index >= 15 is 0 Å². The Labute approximate surface area is 90.2 Å². The fourth-order valence-corrected chi connectivity index (χ4v) is 1.11. The van der Waals surface area contributed by atoms with Crippen LogP contribution in [0.2, 0.25) is 0 Å². The van der Waals surface area contributed by atoms with Gasteiger partial charge >= 0.3 is 0 Å². The van der Waals surface area contributed by atoms with Gasteiger partial charge in [-0.3, -0.25) is 0 Å². The maximum absolute atomic E-state index is 8.63. The number of nitrogens with zero attached hydrogens (tertiary/aromatic N) is 1. The van der Waals surface area contributed by atoms with Crippen LogP contribution < -0.4 is 4.74 Å². The number of hydrogen-bond donors (Lipinski definition) is 0. The zero-order valence-corrected chi connectivity index (χ0v) is 8.85. The van der Waals surface area contributed by atoms with E-state index in [1.165, 1.54) is 0 Å². The number of nitriles is 1. The van der Waals surface area contributed by atoms with Crippen LogP contribution in [0.3, 0.4) is 0 Å². The van der Waals surface area contributed by atoms with Crippen molar-refractivity contribution in [3.63, 3.8) is 0 Å². The monoisotopic (exact) mass is 205 g/mol. The summed E-state index contributed by atoms with van der Waals surface area (Å²) < 4.78 is 10.7. The summed E-state index contributed by atoms with van der Waals surface area (Å²) >= 11 is 0. The Kier molecular flexibility index (Phi) is 5.28. The molecule has 0 saturated carbocycles. The standard InChI is InChI=1S/C12H15NO2/c1-2-11(10-13)14-8-9-15-12-6-4-3-5-7-12/h3-7,11H,2,8-9H2,1H3. The van der Waals surface area contributed by atoms with Crippen LogP contribution in [-0.2, 0) is 4.74 Å². The summed E-state index contributed by atoms with van der Waals surface area (Å²) in [6.45, 7) is 2.84. The van der Waals surface area contributed by atoms with Crippen molar-refractivity contribution in [3.8, 4) is 11.8 Å². The molecule has 0 radical (unpaired) electrons. The average molecular weight is 205 g/mol. The molecule has 0 amide bonds. The fraction of sp³-hybridized carbons (Fsp3) is 0.417. The second-order valence-electron chi connectivity index (χ2n) is 3.06. The molecule has 1 aromatic carbocycles. The molecule has 3 nitrogen and oxygen atoms in total. The molecular weight excluding hydrogens is 190 g/mol. The molecule has 0 aliphatic rings. The highest BCUT2D eigenvalue weighted by atomic mass is 16.5. The first-order valence-corrected chi connectivity index (χ1v) is 5.06. The SMILES string of the molecule is CCC(C#N)OCCOc1ccccc1. The van der Waals surface area contributed by atoms with Crippen LogP contribution in [0.5, 0.6) is 5.75 Å². The highest BCUT2D eigenvalue weighted by Gasteiger charge is 2.02. The lowest BCUT2D eigenvalue weighted by atomic mass is 10.3. The second kappa shape index (κ2) is 6.86. The first kappa shape index (κ1) is 11.5. The molecule has 0 heterocycles. The molecule has 1 aromatic rings. The summed E-state index contributed by atoms with van der Waals surface area (Å²) in [5, 5.41) is 8.63. The van der Waals surface area contributed by atoms with Crippen LogP contribution in [0.4, 0.5) is 0 Å². The highest BCUT2D eigenvalue weighted by Crippen LogP contribution is 2.07. The topological polar surface area (TPSA) is 42.2 Å². The molecule has 0 bridgehead atoms. The van der Waals surface area contributed by atoms with Gasteiger partial charge in [0.25, 0.3) is 0 Å². The predicted molar refractivity (Wildman–Crippen MR) is 57.6 cm³/mol. The fourth-order valence-electron chi connectivity index (χ4n) is 1.11. The number of benzene rings is 1. The van der Waals surface area contributed by atoms with E-state index in [0.29, 0.717) is 19.6 Å². The van der Waals surface area contributed by atoms with Crippen LogP contribution in [0.1, 0.15) is 13.3 Å². The van der Waals surface area contributed by atoms with E-state index in [0.717, 1.165) is 5.75 Å². The van der Waals surface area contributed by atoms with Crippen LogP contribution in [0.25, 0.3) is 0 Å². The zero-order chi connectivity index (χ0) is 10.9. The van der Waals surface area contributed by atoms with Crippen molar-refractivity contribution < 1.29 is 9.47 Å². The van der Waals surface area contributed by atoms with Gasteiger partial charge in [-0.15, -0.1) is 0 Å². The van der Waals surface area contributed by atoms with Crippen LogP contribution >= 0.6 is 0 Å². The van der Waals surface area contributed by atoms with Crippen LogP contribution in [-0.4, -0.2) is 19.3 Å². The largest absolute Gasteiger partial charge is 0.491 e. The first-order valence-electron chi connectivity index (χ1n) is 5.06. The number of hydrogen-bond acceptors (Lipinski definition) is 3. The molecule has 0 aliphatic carbocycles. The van der Waals surface area contributed by atoms with E-state index < -0.39 is 0 Å². The molecule has 3 heteroatoms. The lowest BCUT2D eigenvalue weighted by molar-refractivity contribution is 0.0628. The Morgan fingerprint density at radius 3 is 2.60 bits per heavy atom. The first-order chi connectivity index (χ1) is 7.36. The van der Waals surface area contributed by atoms with Crippen molar-refractivity contribution >= 4 is 0 Å². The minimum atomic E-state index is -0.315. The van der Waals surface area contributed by atoms with Gasteiger partial charge < -0.3 is 9.47 Å². The molecule has 15 heavy (non-hydrogen) atoms. The van der Waals surface area contributed by atoms with Crippen molar-refractivity contribution in [1.82, 2.24) is 0 Å². The Balaban J connectivity index is 2.15. The molecule has 80 valence electrons. The van der Waals surface area contributed by atoms with Gasteiger partial charge in [0.1, 0.15) is 18.5 Å². The summed E-state index contributed by atoms with van der Waals surface area (Å²) in [4.78, 5) is 0. The normalized spacial score (nSPS) is 11.7. The zero-order valence-electron chi connectivity index (χ0n) is 8.85. The molecule has 0 fully saturated rings. The van der Waals surface area contributed by atoms with Gasteiger partial charge in [-0.1, -0.05) is 25.1 Å². The molecule has 1 atom stereocenters. The molecule has 0 N–H and O–H groups in total. The molecule has 0 aromatic heterocycles. The van der Waals surface area contributed by atoms with E-state index in [1.54, 1.807) is 0 Å². The van der Waals surface area contributed by atoms with Gasteiger partial charge in [0.15, 0.2) is 0 Å². The van der Waals surface area contributed by atoms with E-state index in [2.05, 4.69) is 6.07 Å².